The molecule has 0 spiro atoms. The second-order valence-corrected chi connectivity index (χ2v) is 7.90. The maximum atomic E-state index is 12.0. The Morgan fingerprint density at radius 1 is 0.829 bits per heavy atom. The van der Waals surface area contributed by atoms with E-state index in [2.05, 4.69) is 26.5 Å². The minimum atomic E-state index is -0.964. The van der Waals surface area contributed by atoms with E-state index in [0.29, 0.717) is 22.2 Å². The minimum Gasteiger partial charge on any atom is -0.458 e. The van der Waals surface area contributed by atoms with E-state index < -0.39 is 23.6 Å². The molecule has 0 atom stereocenters. The van der Waals surface area contributed by atoms with Gasteiger partial charge in [-0.2, -0.15) is 5.10 Å². The molecule has 2 aromatic carbocycles. The quantitative estimate of drug-likeness (QED) is 0.226. The number of amides is 4. The van der Waals surface area contributed by atoms with Gasteiger partial charge in [-0.05, 0) is 49.4 Å². The standard InChI is InChI=1S/C23H19Cl2N5O5/c1-13-2-4-14(5-3-13)28-22(33)23(34)30-27-12-17-8-7-16(35-17)11-26-20(31)21(32)29-15-6-9-18(24)19(25)10-15/h2-10,12H,11H2,1H3,(H,26,31)(H,28,33)(H,29,32)(H,30,34). The molecule has 35 heavy (non-hydrogen) atoms. The average Bonchev–Trinajstić information content (AvgIpc) is 3.28. The van der Waals surface area contributed by atoms with Crippen LogP contribution in [0.2, 0.25) is 10.0 Å². The van der Waals surface area contributed by atoms with Gasteiger partial charge in [-0.25, -0.2) is 5.43 Å². The average molecular weight is 516 g/mol. The first-order chi connectivity index (χ1) is 16.7. The molecule has 1 aromatic heterocycles. The van der Waals surface area contributed by atoms with Gasteiger partial charge in [-0.1, -0.05) is 40.9 Å². The molecule has 0 saturated carbocycles. The second kappa shape index (κ2) is 11.8. The lowest BCUT2D eigenvalue weighted by molar-refractivity contribution is -0.136. The van der Waals surface area contributed by atoms with Gasteiger partial charge in [0, 0.05) is 11.4 Å². The highest BCUT2D eigenvalue weighted by atomic mass is 35.5. The summed E-state index contributed by atoms with van der Waals surface area (Å²) >= 11 is 11.7. The summed E-state index contributed by atoms with van der Waals surface area (Å²) in [6, 6.07) is 14.4. The Labute approximate surface area is 209 Å². The Bertz CT molecular complexity index is 1290. The summed E-state index contributed by atoms with van der Waals surface area (Å²) < 4.78 is 5.43. The van der Waals surface area contributed by atoms with E-state index in [1.54, 1.807) is 30.3 Å². The first-order valence-electron chi connectivity index (χ1n) is 10.1. The van der Waals surface area contributed by atoms with Crippen molar-refractivity contribution in [3.05, 3.63) is 81.7 Å². The Hall–Kier alpha value is -4.15. The smallest absolute Gasteiger partial charge is 0.329 e. The molecule has 10 nitrogen and oxygen atoms in total. The lowest BCUT2D eigenvalue weighted by atomic mass is 10.2. The van der Waals surface area contributed by atoms with E-state index in [0.717, 1.165) is 5.56 Å². The Morgan fingerprint density at radius 3 is 2.20 bits per heavy atom. The molecule has 4 N–H and O–H groups in total. The Kier molecular flexibility index (Phi) is 8.60. The van der Waals surface area contributed by atoms with Crippen molar-refractivity contribution in [3.8, 4) is 0 Å². The number of halogens is 2. The van der Waals surface area contributed by atoms with Crippen LogP contribution in [0, 0.1) is 6.92 Å². The molecule has 0 saturated heterocycles. The Morgan fingerprint density at radius 2 is 1.49 bits per heavy atom. The molecule has 0 aliphatic rings. The fourth-order valence-electron chi connectivity index (χ4n) is 2.60. The lowest BCUT2D eigenvalue weighted by Crippen LogP contribution is -2.34. The van der Waals surface area contributed by atoms with E-state index >= 15 is 0 Å². The number of carbonyl (C=O) groups is 4. The zero-order chi connectivity index (χ0) is 25.4. The number of furan rings is 1. The third-order valence-electron chi connectivity index (χ3n) is 4.36. The van der Waals surface area contributed by atoms with Crippen LogP contribution in [0.1, 0.15) is 17.1 Å². The van der Waals surface area contributed by atoms with Crippen molar-refractivity contribution < 1.29 is 23.6 Å². The zero-order valence-corrected chi connectivity index (χ0v) is 19.7. The van der Waals surface area contributed by atoms with Crippen molar-refractivity contribution in [3.63, 3.8) is 0 Å². The van der Waals surface area contributed by atoms with Crippen LogP contribution in [-0.4, -0.2) is 29.8 Å². The molecular formula is C23H19Cl2N5O5. The van der Waals surface area contributed by atoms with Crippen LogP contribution in [0.15, 0.2) is 64.1 Å². The topological polar surface area (TPSA) is 142 Å². The van der Waals surface area contributed by atoms with Crippen LogP contribution in [-0.2, 0) is 25.7 Å². The largest absolute Gasteiger partial charge is 0.458 e. The van der Waals surface area contributed by atoms with Gasteiger partial charge >= 0.3 is 23.6 Å². The molecule has 0 bridgehead atoms. The molecule has 0 radical (unpaired) electrons. The van der Waals surface area contributed by atoms with Crippen LogP contribution in [0.4, 0.5) is 11.4 Å². The summed E-state index contributed by atoms with van der Waals surface area (Å²) in [5.74, 6) is -3.07. The number of rotatable bonds is 6. The fourth-order valence-corrected chi connectivity index (χ4v) is 2.90. The summed E-state index contributed by atoms with van der Waals surface area (Å²) in [5.41, 5.74) is 3.89. The third-order valence-corrected chi connectivity index (χ3v) is 5.10. The monoisotopic (exact) mass is 515 g/mol. The highest BCUT2D eigenvalue weighted by molar-refractivity contribution is 6.43. The number of anilines is 2. The summed E-state index contributed by atoms with van der Waals surface area (Å²) in [4.78, 5) is 47.7. The molecule has 0 aliphatic carbocycles. The Balaban J connectivity index is 1.43. The van der Waals surface area contributed by atoms with Crippen molar-refractivity contribution in [1.29, 1.82) is 0 Å². The van der Waals surface area contributed by atoms with Crippen LogP contribution >= 0.6 is 23.2 Å². The van der Waals surface area contributed by atoms with E-state index in [-0.39, 0.29) is 17.3 Å². The summed E-state index contributed by atoms with van der Waals surface area (Å²) in [6.45, 7) is 1.82. The van der Waals surface area contributed by atoms with Crippen molar-refractivity contribution in [2.75, 3.05) is 10.6 Å². The van der Waals surface area contributed by atoms with Gasteiger partial charge in [0.15, 0.2) is 0 Å². The van der Waals surface area contributed by atoms with Gasteiger partial charge < -0.3 is 20.4 Å². The molecule has 180 valence electrons. The molecule has 4 amide bonds. The number of nitrogens with one attached hydrogen (secondary N) is 4. The van der Waals surface area contributed by atoms with Crippen LogP contribution in [0.3, 0.4) is 0 Å². The highest BCUT2D eigenvalue weighted by Crippen LogP contribution is 2.24. The zero-order valence-electron chi connectivity index (χ0n) is 18.2. The fraction of sp³-hybridized carbons (Fsp3) is 0.0870. The second-order valence-electron chi connectivity index (χ2n) is 7.09. The minimum absolute atomic E-state index is 0.0766. The van der Waals surface area contributed by atoms with Gasteiger partial charge in [0.05, 0.1) is 22.8 Å². The van der Waals surface area contributed by atoms with Crippen LogP contribution < -0.4 is 21.4 Å². The third kappa shape index (κ3) is 7.70. The number of hydrogen-bond acceptors (Lipinski definition) is 6. The van der Waals surface area contributed by atoms with Crippen molar-refractivity contribution in [2.24, 2.45) is 5.10 Å². The first kappa shape index (κ1) is 25.5. The number of aryl methyl sites for hydroxylation is 1. The van der Waals surface area contributed by atoms with Crippen molar-refractivity contribution in [1.82, 2.24) is 10.7 Å². The molecule has 0 aliphatic heterocycles. The predicted octanol–water partition coefficient (Wildman–Crippen LogP) is 3.24. The van der Waals surface area contributed by atoms with Gasteiger partial charge in [0.1, 0.15) is 11.5 Å². The van der Waals surface area contributed by atoms with Gasteiger partial charge in [0.25, 0.3) is 0 Å². The normalized spacial score (nSPS) is 10.6. The first-order valence-corrected chi connectivity index (χ1v) is 10.8. The van der Waals surface area contributed by atoms with E-state index in [9.17, 15) is 19.2 Å². The highest BCUT2D eigenvalue weighted by Gasteiger charge is 2.15. The van der Waals surface area contributed by atoms with Crippen LogP contribution in [0.5, 0.6) is 0 Å². The summed E-state index contributed by atoms with van der Waals surface area (Å²) in [7, 11) is 0. The van der Waals surface area contributed by atoms with E-state index in [1.807, 2.05) is 6.92 Å². The summed E-state index contributed by atoms with van der Waals surface area (Å²) in [6.07, 6.45) is 1.18. The SMILES string of the molecule is Cc1ccc(NC(=O)C(=O)NN=Cc2ccc(CNC(=O)C(=O)Nc3ccc(Cl)c(Cl)c3)o2)cc1. The van der Waals surface area contributed by atoms with Crippen LogP contribution in [0.25, 0.3) is 0 Å². The van der Waals surface area contributed by atoms with Gasteiger partial charge in [0.2, 0.25) is 0 Å². The maximum absolute atomic E-state index is 12.0. The van der Waals surface area contributed by atoms with Crippen molar-refractivity contribution >= 4 is 64.4 Å². The number of hydrogen-bond donors (Lipinski definition) is 4. The molecule has 0 fully saturated rings. The molecule has 3 rings (SSSR count). The number of benzene rings is 2. The molecule has 1 heterocycles. The number of hydrazone groups is 1. The van der Waals surface area contributed by atoms with Crippen molar-refractivity contribution in [2.45, 2.75) is 13.5 Å². The summed E-state index contributed by atoms with van der Waals surface area (Å²) in [5, 5.41) is 11.5. The lowest BCUT2D eigenvalue weighted by Gasteiger charge is -2.06. The number of nitrogens with zero attached hydrogens (tertiary/aromatic N) is 1. The number of carbonyl (C=O) groups excluding carboxylic acids is 4. The predicted molar refractivity (Wildman–Crippen MR) is 131 cm³/mol. The van der Waals surface area contributed by atoms with Gasteiger partial charge in [-0.15, -0.1) is 0 Å². The molecule has 0 unspecified atom stereocenters. The van der Waals surface area contributed by atoms with Gasteiger partial charge in [-0.3, -0.25) is 19.2 Å². The molecule has 3 aromatic rings. The molecule has 12 heteroatoms. The molecular weight excluding hydrogens is 497 g/mol. The van der Waals surface area contributed by atoms with E-state index in [1.165, 1.54) is 30.5 Å². The van der Waals surface area contributed by atoms with E-state index in [4.69, 9.17) is 27.6 Å². The maximum Gasteiger partial charge on any atom is 0.329 e.